The summed E-state index contributed by atoms with van der Waals surface area (Å²) in [4.78, 5) is 8.68. The fourth-order valence-electron chi connectivity index (χ4n) is 3.06. The maximum atomic E-state index is 9.87. The van der Waals surface area contributed by atoms with Crippen LogP contribution in [0, 0.1) is 83.8 Å². The van der Waals surface area contributed by atoms with E-state index < -0.39 is 10.8 Å². The monoisotopic (exact) mass is 392 g/mol. The van der Waals surface area contributed by atoms with Crippen molar-refractivity contribution in [3.05, 3.63) is 58.7 Å². The Morgan fingerprint density at radius 3 is 1.10 bits per heavy atom. The van der Waals surface area contributed by atoms with E-state index in [1.807, 2.05) is 88.4 Å². The summed E-state index contributed by atoms with van der Waals surface area (Å²) in [6.07, 6.45) is 2.18. The normalized spacial score (nSPS) is 11.6. The maximum Gasteiger partial charge on any atom is 0.215 e. The van der Waals surface area contributed by atoms with Gasteiger partial charge in [0.1, 0.15) is 0 Å². The minimum atomic E-state index is -2.15. The number of aliphatic imine (C=N–C) groups is 2. The van der Waals surface area contributed by atoms with Gasteiger partial charge in [0.25, 0.3) is 0 Å². The van der Waals surface area contributed by atoms with Crippen molar-refractivity contribution in [2.24, 2.45) is 20.8 Å². The number of nitriles is 4. The quantitative estimate of drug-likeness (QED) is 0.658. The molecule has 0 heterocycles. The van der Waals surface area contributed by atoms with Crippen LogP contribution in [-0.4, -0.2) is 12.4 Å². The minimum Gasteiger partial charge on any atom is -0.258 e. The molecule has 0 aliphatic heterocycles. The van der Waals surface area contributed by atoms with E-state index in [1.54, 1.807) is 0 Å². The Morgan fingerprint density at radius 1 is 0.600 bits per heavy atom. The van der Waals surface area contributed by atoms with Gasteiger partial charge in [0.15, 0.2) is 0 Å². The van der Waals surface area contributed by atoms with Crippen LogP contribution in [0.15, 0.2) is 46.4 Å². The van der Waals surface area contributed by atoms with Crippen molar-refractivity contribution in [3.8, 4) is 24.3 Å². The molecule has 0 bridgehead atoms. The molecule has 0 atom stereocenters. The van der Waals surface area contributed by atoms with Crippen molar-refractivity contribution in [1.29, 1.82) is 21.0 Å². The maximum absolute atomic E-state index is 9.87. The Labute approximate surface area is 176 Å². The van der Waals surface area contributed by atoms with Crippen LogP contribution in [0.1, 0.15) is 22.3 Å². The molecule has 146 valence electrons. The second kappa shape index (κ2) is 8.83. The molecule has 2 aromatic rings. The van der Waals surface area contributed by atoms with Gasteiger partial charge in [-0.2, -0.15) is 21.0 Å². The summed E-state index contributed by atoms with van der Waals surface area (Å²) < 4.78 is 0. The Hall–Kier alpha value is -4.26. The van der Waals surface area contributed by atoms with Crippen LogP contribution in [0.4, 0.5) is 11.4 Å². The van der Waals surface area contributed by atoms with E-state index in [0.717, 1.165) is 34.7 Å². The molecule has 0 aliphatic rings. The van der Waals surface area contributed by atoms with Gasteiger partial charge in [0, 0.05) is 12.4 Å². The first-order valence-electron chi connectivity index (χ1n) is 9.17. The zero-order chi connectivity index (χ0) is 22.4. The molecule has 0 saturated carbocycles. The molecule has 0 aromatic heterocycles. The Morgan fingerprint density at radius 2 is 0.867 bits per heavy atom. The van der Waals surface area contributed by atoms with Crippen molar-refractivity contribution in [2.45, 2.75) is 27.7 Å². The van der Waals surface area contributed by atoms with E-state index in [9.17, 15) is 21.0 Å². The fraction of sp³-hybridized carbons (Fsp3) is 0.250. The largest absolute Gasteiger partial charge is 0.258 e. The predicted octanol–water partition coefficient (Wildman–Crippen LogP) is 5.09. The lowest BCUT2D eigenvalue weighted by molar-refractivity contribution is 0.541. The van der Waals surface area contributed by atoms with Gasteiger partial charge >= 0.3 is 0 Å². The lowest BCUT2D eigenvalue weighted by Gasteiger charge is -2.24. The Kier molecular flexibility index (Phi) is 6.48. The van der Waals surface area contributed by atoms with Crippen LogP contribution >= 0.6 is 0 Å². The van der Waals surface area contributed by atoms with E-state index in [1.165, 1.54) is 0 Å². The van der Waals surface area contributed by atoms with Gasteiger partial charge in [-0.3, -0.25) is 9.98 Å². The van der Waals surface area contributed by atoms with E-state index in [-0.39, 0.29) is 0 Å². The van der Waals surface area contributed by atoms with Crippen LogP contribution in [0.5, 0.6) is 0 Å². The van der Waals surface area contributed by atoms with Gasteiger partial charge in [-0.25, -0.2) is 0 Å². The number of aryl methyl sites for hydroxylation is 4. The second-order valence-corrected chi connectivity index (χ2v) is 7.06. The number of benzene rings is 2. The molecule has 6 heteroatoms. The summed E-state index contributed by atoms with van der Waals surface area (Å²) in [5.74, 6) is 0. The second-order valence-electron chi connectivity index (χ2n) is 7.06. The van der Waals surface area contributed by atoms with Gasteiger partial charge in [0.05, 0.1) is 35.7 Å². The van der Waals surface area contributed by atoms with E-state index >= 15 is 0 Å². The van der Waals surface area contributed by atoms with Crippen molar-refractivity contribution in [3.63, 3.8) is 0 Å². The fourth-order valence-corrected chi connectivity index (χ4v) is 3.06. The number of hydrogen-bond donors (Lipinski definition) is 0. The zero-order valence-electron chi connectivity index (χ0n) is 17.3. The smallest absolute Gasteiger partial charge is 0.215 e. The Bertz CT molecular complexity index is 1030. The van der Waals surface area contributed by atoms with Gasteiger partial charge in [-0.05, 0) is 49.9 Å². The third-order valence-corrected chi connectivity index (χ3v) is 4.98. The van der Waals surface area contributed by atoms with Crippen molar-refractivity contribution < 1.29 is 0 Å². The summed E-state index contributed by atoms with van der Waals surface area (Å²) in [7, 11) is 0. The summed E-state index contributed by atoms with van der Waals surface area (Å²) >= 11 is 0. The molecule has 0 aliphatic carbocycles. The van der Waals surface area contributed by atoms with Gasteiger partial charge < -0.3 is 0 Å². The van der Waals surface area contributed by atoms with Gasteiger partial charge in [-0.15, -0.1) is 0 Å². The summed E-state index contributed by atoms with van der Waals surface area (Å²) in [5, 5.41) is 39.5. The van der Waals surface area contributed by atoms with E-state index in [0.29, 0.717) is 11.4 Å². The van der Waals surface area contributed by atoms with Crippen LogP contribution in [0.2, 0.25) is 0 Å². The topological polar surface area (TPSA) is 120 Å². The highest BCUT2D eigenvalue weighted by molar-refractivity contribution is 5.91. The molecular weight excluding hydrogens is 372 g/mol. The molecule has 0 saturated heterocycles. The van der Waals surface area contributed by atoms with E-state index in [4.69, 9.17) is 0 Å². The average Bonchev–Trinajstić information content (AvgIpc) is 2.74. The van der Waals surface area contributed by atoms with Crippen molar-refractivity contribution in [1.82, 2.24) is 0 Å². The first-order valence-corrected chi connectivity index (χ1v) is 9.17. The summed E-state index contributed by atoms with van der Waals surface area (Å²) in [6, 6.07) is 18.5. The molecule has 0 amide bonds. The van der Waals surface area contributed by atoms with E-state index in [2.05, 4.69) is 9.98 Å². The molecular formula is C24H20N6. The van der Waals surface area contributed by atoms with Crippen LogP contribution < -0.4 is 0 Å². The predicted molar refractivity (Wildman–Crippen MR) is 115 cm³/mol. The molecule has 0 unspecified atom stereocenters. The third kappa shape index (κ3) is 3.81. The molecule has 0 N–H and O–H groups in total. The first-order chi connectivity index (χ1) is 14.3. The molecule has 30 heavy (non-hydrogen) atoms. The van der Waals surface area contributed by atoms with Crippen molar-refractivity contribution in [2.75, 3.05) is 0 Å². The molecule has 0 radical (unpaired) electrons. The molecule has 2 aromatic carbocycles. The number of para-hydroxylation sites is 2. The first kappa shape index (κ1) is 22.0. The van der Waals surface area contributed by atoms with Gasteiger partial charge in [-0.1, -0.05) is 36.4 Å². The zero-order valence-corrected chi connectivity index (χ0v) is 17.3. The van der Waals surface area contributed by atoms with Gasteiger partial charge in [0.2, 0.25) is 10.8 Å². The highest BCUT2D eigenvalue weighted by atomic mass is 14.8. The molecule has 0 fully saturated rings. The lowest BCUT2D eigenvalue weighted by atomic mass is 9.67. The summed E-state index contributed by atoms with van der Waals surface area (Å²) in [6.45, 7) is 7.41. The van der Waals surface area contributed by atoms with Crippen LogP contribution in [0.3, 0.4) is 0 Å². The molecule has 0 spiro atoms. The summed E-state index contributed by atoms with van der Waals surface area (Å²) in [5.41, 5.74) is 0.267. The van der Waals surface area contributed by atoms with Crippen LogP contribution in [0.25, 0.3) is 0 Å². The SMILES string of the molecule is Cc1cccc(C)c1N=CC(C#N)(C#N)C(C#N)(C#N)C=Nc1c(C)cccc1C. The average molecular weight is 392 g/mol. The van der Waals surface area contributed by atoms with Crippen LogP contribution in [-0.2, 0) is 0 Å². The van der Waals surface area contributed by atoms with Crippen molar-refractivity contribution >= 4 is 23.8 Å². The standard InChI is InChI=1S/C24H20N6/c1-17-7-5-8-18(2)21(17)29-15-23(11-25,12-26)24(13-27,14-28)16-30-22-19(3)9-6-10-20(22)4/h5-10,15-16H,1-4H3. The number of rotatable bonds is 5. The number of hydrogen-bond acceptors (Lipinski definition) is 6. The third-order valence-electron chi connectivity index (χ3n) is 4.98. The number of nitrogens with zero attached hydrogens (tertiary/aromatic N) is 6. The Balaban J connectivity index is 2.67. The lowest BCUT2D eigenvalue weighted by Crippen LogP contribution is -2.41. The molecule has 2 rings (SSSR count). The molecule has 6 nitrogen and oxygen atoms in total. The minimum absolute atomic E-state index is 0.587. The highest BCUT2D eigenvalue weighted by Gasteiger charge is 2.53. The highest BCUT2D eigenvalue weighted by Crippen LogP contribution is 2.37.